The molecule has 21 heavy (non-hydrogen) atoms. The van der Waals surface area contributed by atoms with E-state index < -0.39 is 0 Å². The van der Waals surface area contributed by atoms with Crippen molar-refractivity contribution >= 4 is 23.2 Å². The van der Waals surface area contributed by atoms with Gasteiger partial charge in [-0.25, -0.2) is 0 Å². The van der Waals surface area contributed by atoms with Crippen molar-refractivity contribution < 1.29 is 4.74 Å². The third-order valence-electron chi connectivity index (χ3n) is 3.07. The van der Waals surface area contributed by atoms with Gasteiger partial charge in [0.25, 0.3) is 0 Å². The standard InChI is InChI=1S/C17H19Cl2NO/c1-11(2)20-10-13-4-6-17(15(19)9-13)21-16-7-5-14(18)8-12(16)3/h4-9,11,20H,10H2,1-3H3. The van der Waals surface area contributed by atoms with E-state index in [-0.39, 0.29) is 0 Å². The second kappa shape index (κ2) is 7.17. The third-order valence-corrected chi connectivity index (χ3v) is 3.60. The van der Waals surface area contributed by atoms with Gasteiger partial charge in [0.05, 0.1) is 5.02 Å². The van der Waals surface area contributed by atoms with Crippen LogP contribution in [-0.2, 0) is 6.54 Å². The summed E-state index contributed by atoms with van der Waals surface area (Å²) in [5.41, 5.74) is 2.11. The highest BCUT2D eigenvalue weighted by Gasteiger charge is 2.07. The average Bonchev–Trinajstić information content (AvgIpc) is 2.42. The van der Waals surface area contributed by atoms with Gasteiger partial charge in [0.1, 0.15) is 11.5 Å². The Morgan fingerprint density at radius 1 is 1.05 bits per heavy atom. The van der Waals surface area contributed by atoms with Gasteiger partial charge in [-0.1, -0.05) is 43.1 Å². The number of hydrogen-bond donors (Lipinski definition) is 1. The number of benzene rings is 2. The molecule has 1 N–H and O–H groups in total. The van der Waals surface area contributed by atoms with Crippen molar-refractivity contribution in [1.29, 1.82) is 0 Å². The number of hydrogen-bond acceptors (Lipinski definition) is 2. The lowest BCUT2D eigenvalue weighted by Gasteiger charge is -2.12. The van der Waals surface area contributed by atoms with Gasteiger partial charge in [-0.2, -0.15) is 0 Å². The summed E-state index contributed by atoms with van der Waals surface area (Å²) in [6.07, 6.45) is 0. The number of aryl methyl sites for hydroxylation is 1. The summed E-state index contributed by atoms with van der Waals surface area (Å²) < 4.78 is 5.86. The first-order valence-corrected chi connectivity index (χ1v) is 7.67. The van der Waals surface area contributed by atoms with E-state index in [0.29, 0.717) is 21.8 Å². The lowest BCUT2D eigenvalue weighted by atomic mass is 10.2. The van der Waals surface area contributed by atoms with Crippen molar-refractivity contribution in [2.45, 2.75) is 33.4 Å². The molecule has 0 aliphatic rings. The Kier molecular flexibility index (Phi) is 5.51. The molecule has 2 rings (SSSR count). The zero-order valence-electron chi connectivity index (χ0n) is 12.4. The van der Waals surface area contributed by atoms with Gasteiger partial charge in [0, 0.05) is 17.6 Å². The second-order valence-electron chi connectivity index (χ2n) is 5.31. The SMILES string of the molecule is Cc1cc(Cl)ccc1Oc1ccc(CNC(C)C)cc1Cl. The van der Waals surface area contributed by atoms with Crippen LogP contribution in [-0.4, -0.2) is 6.04 Å². The average molecular weight is 324 g/mol. The Labute approximate surface area is 136 Å². The molecule has 0 spiro atoms. The summed E-state index contributed by atoms with van der Waals surface area (Å²) in [6.45, 7) is 6.97. The topological polar surface area (TPSA) is 21.3 Å². The molecule has 0 aliphatic heterocycles. The van der Waals surface area contributed by atoms with Gasteiger partial charge in [-0.15, -0.1) is 0 Å². The summed E-state index contributed by atoms with van der Waals surface area (Å²) in [7, 11) is 0. The highest BCUT2D eigenvalue weighted by atomic mass is 35.5. The van der Waals surface area contributed by atoms with Crippen LogP contribution in [0.4, 0.5) is 0 Å². The molecule has 2 aromatic carbocycles. The maximum absolute atomic E-state index is 6.30. The molecular formula is C17H19Cl2NO. The zero-order valence-corrected chi connectivity index (χ0v) is 13.9. The van der Waals surface area contributed by atoms with Crippen molar-refractivity contribution in [1.82, 2.24) is 5.32 Å². The summed E-state index contributed by atoms with van der Waals surface area (Å²) in [5.74, 6) is 1.41. The third kappa shape index (κ3) is 4.63. The normalized spacial score (nSPS) is 11.0. The highest BCUT2D eigenvalue weighted by molar-refractivity contribution is 6.32. The quantitative estimate of drug-likeness (QED) is 0.774. The molecule has 0 bridgehead atoms. The van der Waals surface area contributed by atoms with E-state index in [1.165, 1.54) is 0 Å². The number of rotatable bonds is 5. The van der Waals surface area contributed by atoms with E-state index in [1.807, 2.05) is 37.3 Å². The summed E-state index contributed by atoms with van der Waals surface area (Å²) >= 11 is 12.2. The lowest BCUT2D eigenvalue weighted by molar-refractivity contribution is 0.478. The van der Waals surface area contributed by atoms with Gasteiger partial charge in [-0.3, -0.25) is 0 Å². The second-order valence-corrected chi connectivity index (χ2v) is 6.16. The minimum atomic E-state index is 0.441. The van der Waals surface area contributed by atoms with E-state index in [0.717, 1.165) is 23.4 Å². The summed E-state index contributed by atoms with van der Waals surface area (Å²) in [6, 6.07) is 11.8. The Morgan fingerprint density at radius 3 is 2.38 bits per heavy atom. The van der Waals surface area contributed by atoms with E-state index in [9.17, 15) is 0 Å². The Bertz CT molecular complexity index is 626. The van der Waals surface area contributed by atoms with Crippen LogP contribution in [0.2, 0.25) is 10.0 Å². The van der Waals surface area contributed by atoms with Crippen LogP contribution >= 0.6 is 23.2 Å². The van der Waals surface area contributed by atoms with Crippen LogP contribution in [0.3, 0.4) is 0 Å². The molecule has 0 saturated heterocycles. The van der Waals surface area contributed by atoms with E-state index in [2.05, 4.69) is 19.2 Å². The molecule has 0 unspecified atom stereocenters. The fourth-order valence-corrected chi connectivity index (χ4v) is 2.37. The molecule has 0 radical (unpaired) electrons. The van der Waals surface area contributed by atoms with Gasteiger partial charge >= 0.3 is 0 Å². The van der Waals surface area contributed by atoms with Gasteiger partial charge < -0.3 is 10.1 Å². The Balaban J connectivity index is 2.13. The maximum atomic E-state index is 6.30. The van der Waals surface area contributed by atoms with E-state index >= 15 is 0 Å². The molecule has 0 aromatic heterocycles. The van der Waals surface area contributed by atoms with E-state index in [1.54, 1.807) is 6.07 Å². The van der Waals surface area contributed by atoms with Crippen molar-refractivity contribution in [2.24, 2.45) is 0 Å². The van der Waals surface area contributed by atoms with Crippen molar-refractivity contribution in [3.05, 3.63) is 57.6 Å². The minimum absolute atomic E-state index is 0.441. The molecule has 0 atom stereocenters. The molecule has 2 aromatic rings. The van der Waals surface area contributed by atoms with E-state index in [4.69, 9.17) is 27.9 Å². The fraction of sp³-hybridized carbons (Fsp3) is 0.294. The summed E-state index contributed by atoms with van der Waals surface area (Å²) in [4.78, 5) is 0. The molecule has 0 saturated carbocycles. The monoisotopic (exact) mass is 323 g/mol. The number of nitrogens with one attached hydrogen (secondary N) is 1. The van der Waals surface area contributed by atoms with Crippen molar-refractivity contribution in [3.8, 4) is 11.5 Å². The van der Waals surface area contributed by atoms with Crippen LogP contribution in [0, 0.1) is 6.92 Å². The smallest absolute Gasteiger partial charge is 0.146 e. The number of halogens is 2. The van der Waals surface area contributed by atoms with Crippen LogP contribution in [0.1, 0.15) is 25.0 Å². The fourth-order valence-electron chi connectivity index (χ4n) is 1.90. The molecule has 0 heterocycles. The van der Waals surface area contributed by atoms with Crippen LogP contribution in [0.25, 0.3) is 0 Å². The molecule has 0 amide bonds. The van der Waals surface area contributed by atoms with Crippen LogP contribution in [0.15, 0.2) is 36.4 Å². The van der Waals surface area contributed by atoms with Crippen LogP contribution < -0.4 is 10.1 Å². The molecule has 0 aliphatic carbocycles. The zero-order chi connectivity index (χ0) is 15.4. The number of ether oxygens (including phenoxy) is 1. The molecule has 112 valence electrons. The van der Waals surface area contributed by atoms with Crippen LogP contribution in [0.5, 0.6) is 11.5 Å². The highest BCUT2D eigenvalue weighted by Crippen LogP contribution is 2.32. The van der Waals surface area contributed by atoms with Gasteiger partial charge in [0.15, 0.2) is 0 Å². The van der Waals surface area contributed by atoms with Gasteiger partial charge in [-0.05, 0) is 48.4 Å². The minimum Gasteiger partial charge on any atom is -0.456 e. The first-order valence-electron chi connectivity index (χ1n) is 6.91. The van der Waals surface area contributed by atoms with Gasteiger partial charge in [0.2, 0.25) is 0 Å². The summed E-state index contributed by atoms with van der Waals surface area (Å²) in [5, 5.41) is 4.66. The largest absolute Gasteiger partial charge is 0.456 e. The predicted octanol–water partition coefficient (Wildman–Crippen LogP) is 5.59. The molecule has 2 nitrogen and oxygen atoms in total. The van der Waals surface area contributed by atoms with Crippen molar-refractivity contribution in [3.63, 3.8) is 0 Å². The Morgan fingerprint density at radius 2 is 1.76 bits per heavy atom. The predicted molar refractivity (Wildman–Crippen MR) is 89.7 cm³/mol. The molecule has 0 fully saturated rings. The van der Waals surface area contributed by atoms with Crippen molar-refractivity contribution in [2.75, 3.05) is 0 Å². The molecular weight excluding hydrogens is 305 g/mol. The Hall–Kier alpha value is -1.22. The first kappa shape index (κ1) is 16.2. The maximum Gasteiger partial charge on any atom is 0.146 e. The lowest BCUT2D eigenvalue weighted by Crippen LogP contribution is -2.21. The first-order chi connectivity index (χ1) is 9.95. The molecule has 4 heteroatoms.